The molecule has 2 amide bonds. The van der Waals surface area contributed by atoms with Crippen LogP contribution < -0.4 is 16.2 Å². The van der Waals surface area contributed by atoms with Crippen molar-refractivity contribution in [2.45, 2.75) is 12.5 Å². The number of rotatable bonds is 5. The molecule has 9 heteroatoms. The van der Waals surface area contributed by atoms with Gasteiger partial charge in [0.2, 0.25) is 11.8 Å². The quantitative estimate of drug-likeness (QED) is 0.359. The van der Waals surface area contributed by atoms with Gasteiger partial charge in [-0.15, -0.1) is 0 Å². The van der Waals surface area contributed by atoms with Crippen molar-refractivity contribution in [3.8, 4) is 0 Å². The Kier molecular flexibility index (Phi) is 3.78. The van der Waals surface area contributed by atoms with Gasteiger partial charge in [0.25, 0.3) is 0 Å². The number of carbonyl (C=O) groups excluding carboxylic acids is 2. The summed E-state index contributed by atoms with van der Waals surface area (Å²) in [5.74, 6) is -2.02. The maximum atomic E-state index is 10.5. The van der Waals surface area contributed by atoms with Crippen molar-refractivity contribution >= 4 is 22.1 Å². The normalized spacial score (nSPS) is 13.6. The van der Waals surface area contributed by atoms with E-state index in [1.54, 1.807) is 0 Å². The lowest BCUT2D eigenvalue weighted by atomic mass is 10.2. The van der Waals surface area contributed by atoms with E-state index in [2.05, 4.69) is 5.73 Å². The van der Waals surface area contributed by atoms with E-state index >= 15 is 0 Å². The molecule has 0 rings (SSSR count). The van der Waals surface area contributed by atoms with E-state index in [1.165, 1.54) is 4.72 Å². The lowest BCUT2D eigenvalue weighted by molar-refractivity contribution is -0.124. The van der Waals surface area contributed by atoms with Crippen molar-refractivity contribution in [1.29, 1.82) is 0 Å². The van der Waals surface area contributed by atoms with Crippen molar-refractivity contribution in [2.75, 3.05) is 0 Å². The standard InChI is InChI=1S/C4H9N3O5S/c5-3(8)1-2(4(6)9)7-13(10,11)12/h2,7H,1H2,(H2,5,8)(H2,6,9)(H,10,11,12). The first-order valence-corrected chi connectivity index (χ1v) is 4.48. The second-order valence-corrected chi connectivity index (χ2v) is 3.40. The summed E-state index contributed by atoms with van der Waals surface area (Å²) in [4.78, 5) is 20.8. The molecule has 0 fully saturated rings. The maximum absolute atomic E-state index is 10.5. The zero-order chi connectivity index (χ0) is 10.6. The molecule has 0 aliphatic carbocycles. The van der Waals surface area contributed by atoms with Gasteiger partial charge in [-0.1, -0.05) is 0 Å². The van der Waals surface area contributed by atoms with Crippen molar-refractivity contribution in [2.24, 2.45) is 11.5 Å². The Bertz CT molecular complexity index is 310. The lowest BCUT2D eigenvalue weighted by Crippen LogP contribution is -2.46. The summed E-state index contributed by atoms with van der Waals surface area (Å²) in [7, 11) is -4.57. The van der Waals surface area contributed by atoms with Crippen LogP contribution in [0.5, 0.6) is 0 Å². The third-order valence-electron chi connectivity index (χ3n) is 1.04. The highest BCUT2D eigenvalue weighted by molar-refractivity contribution is 7.83. The largest absolute Gasteiger partial charge is 0.370 e. The number of carbonyl (C=O) groups is 2. The summed E-state index contributed by atoms with van der Waals surface area (Å²) in [6.07, 6.45) is -0.602. The minimum atomic E-state index is -4.57. The molecule has 0 bridgehead atoms. The lowest BCUT2D eigenvalue weighted by Gasteiger charge is -2.09. The number of nitrogens with two attached hydrogens (primary N) is 2. The van der Waals surface area contributed by atoms with Gasteiger partial charge in [-0.3, -0.25) is 14.1 Å². The number of hydrogen-bond donors (Lipinski definition) is 4. The zero-order valence-corrected chi connectivity index (χ0v) is 7.24. The van der Waals surface area contributed by atoms with Crippen LogP contribution in [0.3, 0.4) is 0 Å². The van der Waals surface area contributed by atoms with Gasteiger partial charge in [0.05, 0.1) is 6.42 Å². The summed E-state index contributed by atoms with van der Waals surface area (Å²) in [6, 6.07) is -1.52. The fraction of sp³-hybridized carbons (Fsp3) is 0.500. The highest BCUT2D eigenvalue weighted by Crippen LogP contribution is 1.92. The summed E-state index contributed by atoms with van der Waals surface area (Å²) < 4.78 is 30.1. The van der Waals surface area contributed by atoms with Crippen LogP contribution in [-0.2, 0) is 19.9 Å². The van der Waals surface area contributed by atoms with E-state index in [-0.39, 0.29) is 0 Å². The van der Waals surface area contributed by atoms with Gasteiger partial charge in [0, 0.05) is 0 Å². The molecule has 0 heterocycles. The van der Waals surface area contributed by atoms with Crippen LogP contribution in [-0.4, -0.2) is 30.8 Å². The highest BCUT2D eigenvalue weighted by Gasteiger charge is 2.22. The molecule has 6 N–H and O–H groups in total. The molecule has 0 spiro atoms. The van der Waals surface area contributed by atoms with Crippen LogP contribution in [0.4, 0.5) is 0 Å². The van der Waals surface area contributed by atoms with Gasteiger partial charge >= 0.3 is 10.3 Å². The van der Waals surface area contributed by atoms with E-state index in [4.69, 9.17) is 10.3 Å². The number of hydrogen-bond acceptors (Lipinski definition) is 4. The summed E-state index contributed by atoms with van der Waals surface area (Å²) in [5.41, 5.74) is 9.39. The monoisotopic (exact) mass is 211 g/mol. The Hall–Kier alpha value is -1.19. The van der Waals surface area contributed by atoms with E-state index < -0.39 is 34.6 Å². The van der Waals surface area contributed by atoms with Gasteiger partial charge < -0.3 is 11.5 Å². The molecule has 0 aromatic heterocycles. The van der Waals surface area contributed by atoms with E-state index in [0.717, 1.165) is 0 Å². The minimum absolute atomic E-state index is 0.602. The van der Waals surface area contributed by atoms with Crippen LogP contribution in [0.2, 0.25) is 0 Å². The van der Waals surface area contributed by atoms with Gasteiger partial charge in [-0.2, -0.15) is 13.1 Å². The first kappa shape index (κ1) is 11.8. The van der Waals surface area contributed by atoms with Crippen molar-refractivity contribution in [1.82, 2.24) is 4.72 Å². The van der Waals surface area contributed by atoms with E-state index in [1.807, 2.05) is 0 Å². The van der Waals surface area contributed by atoms with Crippen LogP contribution >= 0.6 is 0 Å². The maximum Gasteiger partial charge on any atom is 0.334 e. The topological polar surface area (TPSA) is 153 Å². The predicted octanol–water partition coefficient (Wildman–Crippen LogP) is -2.89. The SMILES string of the molecule is NC(=O)CC(NS(=O)(=O)O)C(N)=O. The summed E-state index contributed by atoms with van der Waals surface area (Å²) >= 11 is 0. The predicted molar refractivity (Wildman–Crippen MR) is 41.5 cm³/mol. The minimum Gasteiger partial charge on any atom is -0.370 e. The van der Waals surface area contributed by atoms with Gasteiger partial charge in [-0.05, 0) is 0 Å². The molecule has 1 atom stereocenters. The van der Waals surface area contributed by atoms with Crippen LogP contribution in [0.1, 0.15) is 6.42 Å². The molecule has 0 aliphatic heterocycles. The molecular weight excluding hydrogens is 202 g/mol. The summed E-state index contributed by atoms with van der Waals surface area (Å²) in [6.45, 7) is 0. The average molecular weight is 211 g/mol. The van der Waals surface area contributed by atoms with Crippen molar-refractivity contribution < 1.29 is 22.6 Å². The molecule has 13 heavy (non-hydrogen) atoms. The Balaban J connectivity index is 4.45. The highest BCUT2D eigenvalue weighted by atomic mass is 32.2. The number of amides is 2. The first-order valence-electron chi connectivity index (χ1n) is 3.04. The number of nitrogens with one attached hydrogen (secondary N) is 1. The molecular formula is C4H9N3O5S. The van der Waals surface area contributed by atoms with Crippen molar-refractivity contribution in [3.63, 3.8) is 0 Å². The van der Waals surface area contributed by atoms with Crippen LogP contribution in [0, 0.1) is 0 Å². The molecule has 0 saturated carbocycles. The zero-order valence-electron chi connectivity index (χ0n) is 6.43. The van der Waals surface area contributed by atoms with Gasteiger partial charge in [-0.25, -0.2) is 0 Å². The molecule has 8 nitrogen and oxygen atoms in total. The van der Waals surface area contributed by atoms with Crippen LogP contribution in [0.15, 0.2) is 0 Å². The van der Waals surface area contributed by atoms with Crippen LogP contribution in [0.25, 0.3) is 0 Å². The second kappa shape index (κ2) is 4.16. The van der Waals surface area contributed by atoms with Gasteiger partial charge in [0.1, 0.15) is 6.04 Å². The fourth-order valence-electron chi connectivity index (χ4n) is 0.581. The molecule has 0 radical (unpaired) electrons. The average Bonchev–Trinajstić information content (AvgIpc) is 1.81. The fourth-order valence-corrected chi connectivity index (χ4v) is 1.14. The number of primary amides is 2. The summed E-state index contributed by atoms with van der Waals surface area (Å²) in [5, 5.41) is 0. The van der Waals surface area contributed by atoms with E-state index in [0.29, 0.717) is 0 Å². The van der Waals surface area contributed by atoms with Crippen molar-refractivity contribution in [3.05, 3.63) is 0 Å². The first-order chi connectivity index (χ1) is 5.72. The smallest absolute Gasteiger partial charge is 0.334 e. The van der Waals surface area contributed by atoms with Gasteiger partial charge in [0.15, 0.2) is 0 Å². The third-order valence-corrected chi connectivity index (χ3v) is 1.62. The third kappa shape index (κ3) is 6.02. The Morgan fingerprint density at radius 3 is 2.08 bits per heavy atom. The molecule has 1 unspecified atom stereocenters. The molecule has 0 saturated heterocycles. The molecule has 0 aromatic rings. The molecule has 0 aromatic carbocycles. The Labute approximate surface area is 74.2 Å². The Morgan fingerprint density at radius 2 is 1.85 bits per heavy atom. The molecule has 76 valence electrons. The Morgan fingerprint density at radius 1 is 1.38 bits per heavy atom. The second-order valence-electron chi connectivity index (χ2n) is 2.22. The van der Waals surface area contributed by atoms with E-state index in [9.17, 15) is 18.0 Å². The molecule has 0 aliphatic rings.